The topological polar surface area (TPSA) is 107 Å². The van der Waals surface area contributed by atoms with Crippen molar-refractivity contribution in [3.8, 4) is 0 Å². The Morgan fingerprint density at radius 2 is 2.00 bits per heavy atom. The van der Waals surface area contributed by atoms with Crippen LogP contribution in [0.5, 0.6) is 0 Å². The number of carbonyl (C=O) groups is 2. The van der Waals surface area contributed by atoms with Crippen LogP contribution in [-0.2, 0) is 4.79 Å². The number of imidazole rings is 1. The first-order valence-corrected chi connectivity index (χ1v) is 6.01. The molecule has 4 N–H and O–H groups in total. The molecule has 2 amide bonds. The van der Waals surface area contributed by atoms with Crippen LogP contribution in [0.1, 0.15) is 39.6 Å². The highest BCUT2D eigenvalue weighted by molar-refractivity contribution is 5.83. The van der Waals surface area contributed by atoms with E-state index >= 15 is 0 Å². The van der Waals surface area contributed by atoms with Crippen molar-refractivity contribution in [2.24, 2.45) is 5.41 Å². The second-order valence-corrected chi connectivity index (χ2v) is 5.45. The number of nitrogens with zero attached hydrogens (tertiary/aromatic N) is 1. The fourth-order valence-electron chi connectivity index (χ4n) is 1.60. The van der Waals surface area contributed by atoms with Gasteiger partial charge in [-0.05, 0) is 12.3 Å². The van der Waals surface area contributed by atoms with Crippen molar-refractivity contribution in [1.29, 1.82) is 0 Å². The van der Waals surface area contributed by atoms with Gasteiger partial charge in [0.1, 0.15) is 11.9 Å². The normalized spacial score (nSPS) is 14.5. The number of urea groups is 1. The van der Waals surface area contributed by atoms with Gasteiger partial charge in [0.25, 0.3) is 0 Å². The average Bonchev–Trinajstić information content (AvgIpc) is 2.77. The van der Waals surface area contributed by atoms with E-state index in [4.69, 9.17) is 5.11 Å². The van der Waals surface area contributed by atoms with E-state index in [0.717, 1.165) is 0 Å². The number of amides is 2. The average molecular weight is 268 g/mol. The number of carbonyl (C=O) groups excluding carboxylic acids is 1. The predicted molar refractivity (Wildman–Crippen MR) is 69.5 cm³/mol. The second-order valence-electron chi connectivity index (χ2n) is 5.45. The molecule has 0 radical (unpaired) electrons. The molecular formula is C12H20N4O3. The zero-order valence-electron chi connectivity index (χ0n) is 11.5. The summed E-state index contributed by atoms with van der Waals surface area (Å²) in [5.41, 5.74) is -0.572. The number of nitrogens with one attached hydrogen (secondary N) is 3. The van der Waals surface area contributed by atoms with E-state index in [2.05, 4.69) is 20.6 Å². The molecule has 1 rings (SSSR count). The maximum atomic E-state index is 11.8. The lowest BCUT2D eigenvalue weighted by atomic mass is 9.87. The molecule has 1 unspecified atom stereocenters. The van der Waals surface area contributed by atoms with Crippen LogP contribution in [0.3, 0.4) is 0 Å². The smallest absolute Gasteiger partial charge is 0.326 e. The zero-order valence-corrected chi connectivity index (χ0v) is 11.5. The molecule has 1 heterocycles. The molecule has 0 saturated carbocycles. The third-order valence-electron chi connectivity index (χ3n) is 2.67. The van der Waals surface area contributed by atoms with Gasteiger partial charge in [0, 0.05) is 12.4 Å². The molecule has 1 aromatic heterocycles. The summed E-state index contributed by atoms with van der Waals surface area (Å²) >= 11 is 0. The number of carboxylic acids is 1. The Morgan fingerprint density at radius 3 is 2.42 bits per heavy atom. The molecular weight excluding hydrogens is 248 g/mol. The molecule has 0 spiro atoms. The molecule has 0 aliphatic heterocycles. The van der Waals surface area contributed by atoms with Crippen molar-refractivity contribution in [2.75, 3.05) is 0 Å². The molecule has 0 fully saturated rings. The van der Waals surface area contributed by atoms with Crippen LogP contribution in [0.2, 0.25) is 0 Å². The zero-order chi connectivity index (χ0) is 14.6. The standard InChI is InChI=1S/C12H20N4O3/c1-7(9-13-5-6-14-9)15-11(19)16-8(10(17)18)12(2,3)4/h5-8H,1-4H3,(H,13,14)(H,17,18)(H2,15,16,19)/t7?,8-/m0/s1. The van der Waals surface area contributed by atoms with Crippen LogP contribution in [0.15, 0.2) is 12.4 Å². The summed E-state index contributed by atoms with van der Waals surface area (Å²) in [4.78, 5) is 29.8. The Bertz CT molecular complexity index is 436. The molecule has 7 nitrogen and oxygen atoms in total. The largest absolute Gasteiger partial charge is 0.480 e. The van der Waals surface area contributed by atoms with Crippen molar-refractivity contribution in [3.05, 3.63) is 18.2 Å². The van der Waals surface area contributed by atoms with E-state index in [1.165, 1.54) is 0 Å². The molecule has 0 saturated heterocycles. The maximum Gasteiger partial charge on any atom is 0.326 e. The molecule has 19 heavy (non-hydrogen) atoms. The number of hydrogen-bond donors (Lipinski definition) is 4. The van der Waals surface area contributed by atoms with Crippen LogP contribution in [0.4, 0.5) is 4.79 Å². The van der Waals surface area contributed by atoms with Crippen molar-refractivity contribution in [2.45, 2.75) is 39.8 Å². The number of H-pyrrole nitrogens is 1. The Labute approximate surface area is 111 Å². The van der Waals surface area contributed by atoms with Crippen LogP contribution in [0.25, 0.3) is 0 Å². The molecule has 106 valence electrons. The summed E-state index contributed by atoms with van der Waals surface area (Å²) in [6, 6.07) is -1.83. The lowest BCUT2D eigenvalue weighted by Gasteiger charge is -2.28. The first-order valence-electron chi connectivity index (χ1n) is 6.01. The molecule has 7 heteroatoms. The molecule has 1 aromatic rings. The van der Waals surface area contributed by atoms with Crippen LogP contribution >= 0.6 is 0 Å². The van der Waals surface area contributed by atoms with Gasteiger partial charge in [0.05, 0.1) is 6.04 Å². The number of rotatable bonds is 4. The van der Waals surface area contributed by atoms with E-state index in [0.29, 0.717) is 5.82 Å². The number of carboxylic acid groups (broad SMARTS) is 1. The summed E-state index contributed by atoms with van der Waals surface area (Å²) in [6.45, 7) is 7.01. The van der Waals surface area contributed by atoms with E-state index in [9.17, 15) is 9.59 Å². The third-order valence-corrected chi connectivity index (χ3v) is 2.67. The highest BCUT2D eigenvalue weighted by atomic mass is 16.4. The summed E-state index contributed by atoms with van der Waals surface area (Å²) < 4.78 is 0. The lowest BCUT2D eigenvalue weighted by molar-refractivity contribution is -0.141. The SMILES string of the molecule is CC(NC(=O)N[C@@H](C(=O)O)C(C)(C)C)c1ncc[nH]1. The van der Waals surface area contributed by atoms with Gasteiger partial charge in [-0.2, -0.15) is 0 Å². The number of aliphatic carboxylic acids is 1. The van der Waals surface area contributed by atoms with Crippen molar-refractivity contribution < 1.29 is 14.7 Å². The minimum absolute atomic E-state index is 0.329. The Hall–Kier alpha value is -2.05. The number of aromatic amines is 1. The molecule has 0 aliphatic rings. The molecule has 0 aliphatic carbocycles. The second kappa shape index (κ2) is 5.73. The molecule has 0 aromatic carbocycles. The minimum Gasteiger partial charge on any atom is -0.480 e. The Kier molecular flexibility index (Phi) is 4.52. The van der Waals surface area contributed by atoms with Gasteiger partial charge >= 0.3 is 12.0 Å². The summed E-state index contributed by atoms with van der Waals surface area (Å²) in [7, 11) is 0. The van der Waals surface area contributed by atoms with Gasteiger partial charge in [-0.1, -0.05) is 20.8 Å². The van der Waals surface area contributed by atoms with Gasteiger partial charge < -0.3 is 20.7 Å². The monoisotopic (exact) mass is 268 g/mol. The quantitative estimate of drug-likeness (QED) is 0.659. The first kappa shape index (κ1) is 15.0. The summed E-state index contributed by atoms with van der Waals surface area (Å²) in [6.07, 6.45) is 3.24. The van der Waals surface area contributed by atoms with Gasteiger partial charge in [0.15, 0.2) is 0 Å². The van der Waals surface area contributed by atoms with E-state index < -0.39 is 23.5 Å². The van der Waals surface area contributed by atoms with Crippen LogP contribution < -0.4 is 10.6 Å². The van der Waals surface area contributed by atoms with Crippen LogP contribution in [0, 0.1) is 5.41 Å². The summed E-state index contributed by atoms with van der Waals surface area (Å²) in [5.74, 6) is -0.453. The molecule has 2 atom stereocenters. The van der Waals surface area contributed by atoms with Crippen molar-refractivity contribution in [1.82, 2.24) is 20.6 Å². The Morgan fingerprint density at radius 1 is 1.37 bits per heavy atom. The summed E-state index contributed by atoms with van der Waals surface area (Å²) in [5, 5.41) is 14.2. The van der Waals surface area contributed by atoms with E-state index in [-0.39, 0.29) is 6.04 Å². The van der Waals surface area contributed by atoms with Crippen LogP contribution in [-0.4, -0.2) is 33.1 Å². The van der Waals surface area contributed by atoms with Gasteiger partial charge in [0.2, 0.25) is 0 Å². The Balaban J connectivity index is 2.61. The van der Waals surface area contributed by atoms with Crippen molar-refractivity contribution in [3.63, 3.8) is 0 Å². The number of aromatic nitrogens is 2. The van der Waals surface area contributed by atoms with Crippen molar-refractivity contribution >= 4 is 12.0 Å². The van der Waals surface area contributed by atoms with E-state index in [1.54, 1.807) is 40.1 Å². The van der Waals surface area contributed by atoms with Gasteiger partial charge in [-0.25, -0.2) is 14.6 Å². The number of hydrogen-bond acceptors (Lipinski definition) is 3. The predicted octanol–water partition coefficient (Wildman–Crippen LogP) is 1.27. The third kappa shape index (κ3) is 4.27. The fraction of sp³-hybridized carbons (Fsp3) is 0.583. The van der Waals surface area contributed by atoms with E-state index in [1.807, 2.05) is 0 Å². The fourth-order valence-corrected chi connectivity index (χ4v) is 1.60. The van der Waals surface area contributed by atoms with Gasteiger partial charge in [-0.3, -0.25) is 0 Å². The van der Waals surface area contributed by atoms with Gasteiger partial charge in [-0.15, -0.1) is 0 Å². The highest BCUT2D eigenvalue weighted by Gasteiger charge is 2.32. The molecule has 0 bridgehead atoms. The minimum atomic E-state index is -1.06. The lowest BCUT2D eigenvalue weighted by Crippen LogP contribution is -2.52. The maximum absolute atomic E-state index is 11.8. The highest BCUT2D eigenvalue weighted by Crippen LogP contribution is 2.19. The first-order chi connectivity index (χ1) is 8.71.